The van der Waals surface area contributed by atoms with Crippen LogP contribution in [0.2, 0.25) is 0 Å². The lowest BCUT2D eigenvalue weighted by atomic mass is 9.96. The molecule has 3 nitrogen and oxygen atoms in total. The largest absolute Gasteiger partial charge is 0.359 e. The topological polar surface area (TPSA) is 46.5 Å². The van der Waals surface area contributed by atoms with Crippen LogP contribution in [0.3, 0.4) is 0 Å². The molecule has 4 heteroatoms. The summed E-state index contributed by atoms with van der Waals surface area (Å²) in [6.07, 6.45) is 7.27. The summed E-state index contributed by atoms with van der Waals surface area (Å²) >= 11 is 0. The fourth-order valence-corrected chi connectivity index (χ4v) is 3.51. The van der Waals surface area contributed by atoms with Gasteiger partial charge in [-0.1, -0.05) is 30.4 Å². The molecule has 0 saturated heterocycles. The molecule has 0 saturated carbocycles. The monoisotopic (exact) mass is 266 g/mol. The molecule has 0 aliphatic heterocycles. The molecule has 1 aliphatic rings. The van der Waals surface area contributed by atoms with Gasteiger partial charge in [0.1, 0.15) is 0 Å². The number of rotatable bonds is 4. The van der Waals surface area contributed by atoms with Crippen molar-refractivity contribution in [2.45, 2.75) is 26.2 Å². The van der Waals surface area contributed by atoms with Crippen LogP contribution in [0, 0.1) is 12.8 Å². The van der Waals surface area contributed by atoms with Crippen molar-refractivity contribution in [2.24, 2.45) is 5.92 Å². The van der Waals surface area contributed by atoms with Gasteiger partial charge in [-0.05, 0) is 43.7 Å². The Bertz CT molecular complexity index is 482. The molecule has 18 heavy (non-hydrogen) atoms. The second-order valence-electron chi connectivity index (χ2n) is 4.75. The smallest absolute Gasteiger partial charge is 0.321 e. The van der Waals surface area contributed by atoms with Gasteiger partial charge in [-0.3, -0.25) is 4.57 Å². The van der Waals surface area contributed by atoms with Crippen molar-refractivity contribution in [1.82, 2.24) is 0 Å². The molecular formula is C14H19O3P. The summed E-state index contributed by atoms with van der Waals surface area (Å²) < 4.78 is 17.5. The second kappa shape index (κ2) is 5.83. The molecule has 1 N–H and O–H groups in total. The zero-order valence-corrected chi connectivity index (χ0v) is 11.5. The van der Waals surface area contributed by atoms with Crippen LogP contribution in [0.5, 0.6) is 0 Å². The highest BCUT2D eigenvalue weighted by Gasteiger charge is 2.26. The normalized spacial score (nSPS) is 22.7. The Kier molecular flexibility index (Phi) is 4.39. The van der Waals surface area contributed by atoms with E-state index in [9.17, 15) is 9.46 Å². The van der Waals surface area contributed by atoms with Gasteiger partial charge in [0.2, 0.25) is 0 Å². The predicted octanol–water partition coefficient (Wildman–Crippen LogP) is 3.18. The van der Waals surface area contributed by atoms with E-state index in [1.807, 2.05) is 19.1 Å². The molecule has 0 heterocycles. The van der Waals surface area contributed by atoms with Crippen molar-refractivity contribution in [3.05, 3.63) is 42.0 Å². The molecule has 0 bridgehead atoms. The molecule has 1 aromatic carbocycles. The first-order valence-electron chi connectivity index (χ1n) is 6.28. The predicted molar refractivity (Wildman–Crippen MR) is 73.1 cm³/mol. The number of aryl methyl sites for hydroxylation is 1. The van der Waals surface area contributed by atoms with E-state index in [0.717, 1.165) is 24.8 Å². The van der Waals surface area contributed by atoms with E-state index in [1.54, 1.807) is 12.1 Å². The van der Waals surface area contributed by atoms with Crippen molar-refractivity contribution in [1.29, 1.82) is 0 Å². The van der Waals surface area contributed by atoms with E-state index < -0.39 is 7.60 Å². The van der Waals surface area contributed by atoms with E-state index in [4.69, 9.17) is 4.52 Å². The molecule has 1 aromatic rings. The van der Waals surface area contributed by atoms with E-state index in [-0.39, 0.29) is 0 Å². The minimum atomic E-state index is -3.67. The van der Waals surface area contributed by atoms with Crippen LogP contribution in [0.1, 0.15) is 24.8 Å². The quantitative estimate of drug-likeness (QED) is 0.672. The Hall–Kier alpha value is -0.890. The van der Waals surface area contributed by atoms with Crippen molar-refractivity contribution < 1.29 is 14.0 Å². The summed E-state index contributed by atoms with van der Waals surface area (Å²) in [6, 6.07) is 7.10. The summed E-state index contributed by atoms with van der Waals surface area (Å²) in [7, 11) is -3.67. The highest BCUT2D eigenvalue weighted by atomic mass is 31.2. The number of allylic oxidation sites excluding steroid dienone is 2. The average molecular weight is 266 g/mol. The molecule has 98 valence electrons. The van der Waals surface area contributed by atoms with E-state index in [0.29, 0.717) is 17.8 Å². The van der Waals surface area contributed by atoms with Crippen LogP contribution in [-0.2, 0) is 9.09 Å². The Morgan fingerprint density at radius 3 is 2.83 bits per heavy atom. The first-order valence-corrected chi connectivity index (χ1v) is 7.86. The lowest BCUT2D eigenvalue weighted by Gasteiger charge is -2.20. The Balaban J connectivity index is 2.01. The van der Waals surface area contributed by atoms with Crippen LogP contribution in [0.4, 0.5) is 0 Å². The Morgan fingerprint density at radius 2 is 2.17 bits per heavy atom. The van der Waals surface area contributed by atoms with E-state index >= 15 is 0 Å². The molecule has 1 aliphatic carbocycles. The Labute approximate surface area is 108 Å². The van der Waals surface area contributed by atoms with Crippen molar-refractivity contribution in [3.63, 3.8) is 0 Å². The van der Waals surface area contributed by atoms with Crippen LogP contribution < -0.4 is 5.30 Å². The third-order valence-corrected chi connectivity index (χ3v) is 4.89. The van der Waals surface area contributed by atoms with Gasteiger partial charge < -0.3 is 9.42 Å². The molecule has 0 amide bonds. The lowest BCUT2D eigenvalue weighted by molar-refractivity contribution is 0.214. The minimum Gasteiger partial charge on any atom is -0.321 e. The Morgan fingerprint density at radius 1 is 1.39 bits per heavy atom. The van der Waals surface area contributed by atoms with Crippen molar-refractivity contribution in [2.75, 3.05) is 6.61 Å². The molecule has 0 spiro atoms. The first-order chi connectivity index (χ1) is 8.59. The molecule has 0 radical (unpaired) electrons. The van der Waals surface area contributed by atoms with Crippen LogP contribution in [0.25, 0.3) is 0 Å². The van der Waals surface area contributed by atoms with Crippen LogP contribution >= 0.6 is 7.60 Å². The lowest BCUT2D eigenvalue weighted by Crippen LogP contribution is -2.15. The summed E-state index contributed by atoms with van der Waals surface area (Å²) in [5.74, 6) is 0.361. The average Bonchev–Trinajstić information content (AvgIpc) is 2.38. The second-order valence-corrected chi connectivity index (χ2v) is 6.53. The molecular weight excluding hydrogens is 247 g/mol. The van der Waals surface area contributed by atoms with Gasteiger partial charge in [-0.25, -0.2) is 0 Å². The van der Waals surface area contributed by atoms with Gasteiger partial charge in [0.05, 0.1) is 11.9 Å². The number of benzene rings is 1. The fourth-order valence-electron chi connectivity index (χ4n) is 2.16. The molecule has 2 rings (SSSR count). The first kappa shape index (κ1) is 13.5. The van der Waals surface area contributed by atoms with Gasteiger partial charge in [0.25, 0.3) is 0 Å². The number of hydrogen-bond acceptors (Lipinski definition) is 2. The fraction of sp³-hybridized carbons (Fsp3) is 0.429. The highest BCUT2D eigenvalue weighted by Crippen LogP contribution is 2.42. The maximum Gasteiger partial charge on any atom is 0.359 e. The summed E-state index contributed by atoms with van der Waals surface area (Å²) in [6.45, 7) is 2.18. The van der Waals surface area contributed by atoms with Gasteiger partial charge in [0, 0.05) is 0 Å². The number of hydrogen-bond donors (Lipinski definition) is 1. The van der Waals surface area contributed by atoms with Crippen molar-refractivity contribution >= 4 is 12.9 Å². The van der Waals surface area contributed by atoms with Gasteiger partial charge in [0.15, 0.2) is 0 Å². The van der Waals surface area contributed by atoms with E-state index in [2.05, 4.69) is 12.2 Å². The third kappa shape index (κ3) is 3.32. The zero-order valence-electron chi connectivity index (χ0n) is 10.6. The zero-order chi connectivity index (χ0) is 13.0. The third-order valence-electron chi connectivity index (χ3n) is 3.28. The molecule has 2 unspecified atom stereocenters. The van der Waals surface area contributed by atoms with Gasteiger partial charge >= 0.3 is 7.60 Å². The highest BCUT2D eigenvalue weighted by molar-refractivity contribution is 7.61. The maximum absolute atomic E-state index is 12.2. The SMILES string of the molecule is Cc1ccccc1P(=O)(O)OCC1CC=CCC1. The van der Waals surface area contributed by atoms with Gasteiger partial charge in [-0.2, -0.15) is 0 Å². The molecule has 0 aromatic heterocycles. The maximum atomic E-state index is 12.2. The molecule has 2 atom stereocenters. The standard InChI is InChI=1S/C14H19O3P/c1-12-7-5-6-10-14(12)18(15,16)17-11-13-8-3-2-4-9-13/h2-3,5-7,10,13H,4,8-9,11H2,1H3,(H,15,16). The summed E-state index contributed by atoms with van der Waals surface area (Å²) in [5.41, 5.74) is 0.798. The van der Waals surface area contributed by atoms with Gasteiger partial charge in [-0.15, -0.1) is 0 Å². The summed E-state index contributed by atoms with van der Waals surface area (Å²) in [5, 5.41) is 0.413. The van der Waals surface area contributed by atoms with Crippen molar-refractivity contribution in [3.8, 4) is 0 Å². The minimum absolute atomic E-state index is 0.354. The van der Waals surface area contributed by atoms with Crippen LogP contribution in [-0.4, -0.2) is 11.5 Å². The summed E-state index contributed by atoms with van der Waals surface area (Å²) in [4.78, 5) is 10.0. The van der Waals surface area contributed by atoms with E-state index in [1.165, 1.54) is 0 Å². The van der Waals surface area contributed by atoms with Crippen LogP contribution in [0.15, 0.2) is 36.4 Å². The molecule has 0 fully saturated rings.